The highest BCUT2D eigenvalue weighted by Crippen LogP contribution is 2.16. The van der Waals surface area contributed by atoms with E-state index in [1.165, 1.54) is 24.3 Å². The third-order valence-electron chi connectivity index (χ3n) is 4.47. The zero-order valence-electron chi connectivity index (χ0n) is 17.0. The van der Waals surface area contributed by atoms with Crippen LogP contribution in [0.25, 0.3) is 0 Å². The maximum atomic E-state index is 12.9. The van der Waals surface area contributed by atoms with Gasteiger partial charge in [0.15, 0.2) is 0 Å². The number of hydrogen-bond donors (Lipinski definition) is 0. The number of unbranched alkanes of at least 4 members (excludes halogenated alkanes) is 6. The highest BCUT2D eigenvalue weighted by atomic mass is 32.2. The van der Waals surface area contributed by atoms with Crippen molar-refractivity contribution in [1.29, 1.82) is 0 Å². The molecular weight excluding hydrogens is 450 g/mol. The summed E-state index contributed by atoms with van der Waals surface area (Å²) < 4.78 is 83.4. The van der Waals surface area contributed by atoms with Crippen molar-refractivity contribution in [3.05, 3.63) is 60.2 Å². The van der Waals surface area contributed by atoms with Gasteiger partial charge in [0.1, 0.15) is 11.6 Å². The largest absolute Gasteiger partial charge is 0.296 e. The van der Waals surface area contributed by atoms with Crippen LogP contribution in [0.5, 0.6) is 0 Å². The summed E-state index contributed by atoms with van der Waals surface area (Å²) in [4.78, 5) is -0.143. The van der Waals surface area contributed by atoms with Gasteiger partial charge in [-0.3, -0.25) is 8.37 Å². The van der Waals surface area contributed by atoms with Crippen molar-refractivity contribution in [2.24, 2.45) is 0 Å². The molecule has 0 saturated carbocycles. The summed E-state index contributed by atoms with van der Waals surface area (Å²) in [7, 11) is -7.73. The van der Waals surface area contributed by atoms with Crippen LogP contribution in [-0.4, -0.2) is 30.0 Å². The van der Waals surface area contributed by atoms with Crippen molar-refractivity contribution in [3.8, 4) is 0 Å². The molecule has 10 heteroatoms. The molecule has 0 radical (unpaired) electrons. The first kappa shape index (κ1) is 25.4. The molecule has 0 atom stereocenters. The van der Waals surface area contributed by atoms with Gasteiger partial charge < -0.3 is 0 Å². The monoisotopic (exact) mass is 476 g/mol. The minimum Gasteiger partial charge on any atom is -0.266 e. The van der Waals surface area contributed by atoms with E-state index in [2.05, 4.69) is 0 Å². The predicted molar refractivity (Wildman–Crippen MR) is 111 cm³/mol. The average molecular weight is 477 g/mol. The SMILES string of the molecule is O=S(=O)(OCCCCCCCCCOS(=O)(=O)c1ccc(F)cc1)c1ccc(F)cc1. The highest BCUT2D eigenvalue weighted by molar-refractivity contribution is 7.87. The molecule has 31 heavy (non-hydrogen) atoms. The molecule has 0 aromatic heterocycles. The van der Waals surface area contributed by atoms with Gasteiger partial charge in [0.2, 0.25) is 0 Å². The van der Waals surface area contributed by atoms with Crippen molar-refractivity contribution in [2.45, 2.75) is 54.7 Å². The van der Waals surface area contributed by atoms with Gasteiger partial charge in [0, 0.05) is 0 Å². The van der Waals surface area contributed by atoms with Gasteiger partial charge in [-0.05, 0) is 61.4 Å². The number of halogens is 2. The normalized spacial score (nSPS) is 12.2. The van der Waals surface area contributed by atoms with Crippen molar-refractivity contribution >= 4 is 20.2 Å². The quantitative estimate of drug-likeness (QED) is 0.287. The standard InChI is InChI=1S/C21H26F2O6S2/c22-18-8-12-20(13-9-18)30(24,25)28-16-6-4-2-1-3-5-7-17-29-31(26,27)21-14-10-19(23)11-15-21/h8-15H,1-7,16-17H2. The predicted octanol–water partition coefficient (Wildman–Crippen LogP) is 4.81. The molecule has 0 saturated heterocycles. The van der Waals surface area contributed by atoms with Gasteiger partial charge in [0.25, 0.3) is 20.2 Å². The number of hydrogen-bond acceptors (Lipinski definition) is 6. The van der Waals surface area contributed by atoms with E-state index in [1.54, 1.807) is 0 Å². The molecule has 0 aliphatic heterocycles. The molecular formula is C21H26F2O6S2. The second kappa shape index (κ2) is 12.2. The lowest BCUT2D eigenvalue weighted by molar-refractivity contribution is 0.302. The van der Waals surface area contributed by atoms with Crippen LogP contribution in [-0.2, 0) is 28.6 Å². The van der Waals surface area contributed by atoms with E-state index < -0.39 is 31.9 Å². The van der Waals surface area contributed by atoms with Crippen molar-refractivity contribution in [2.75, 3.05) is 13.2 Å². The fourth-order valence-corrected chi connectivity index (χ4v) is 4.65. The minimum absolute atomic E-state index is 0.0643. The van der Waals surface area contributed by atoms with E-state index in [-0.39, 0.29) is 23.0 Å². The maximum absolute atomic E-state index is 12.9. The Balaban J connectivity index is 1.50. The summed E-state index contributed by atoms with van der Waals surface area (Å²) in [6.07, 6.45) is 5.49. The van der Waals surface area contributed by atoms with E-state index in [9.17, 15) is 25.6 Å². The molecule has 0 bridgehead atoms. The van der Waals surface area contributed by atoms with Crippen LogP contribution in [0.4, 0.5) is 8.78 Å². The van der Waals surface area contributed by atoms with Gasteiger partial charge in [-0.15, -0.1) is 0 Å². The first-order chi connectivity index (χ1) is 14.7. The van der Waals surface area contributed by atoms with E-state index in [4.69, 9.17) is 8.37 Å². The molecule has 6 nitrogen and oxygen atoms in total. The summed E-state index contributed by atoms with van der Waals surface area (Å²) in [5, 5.41) is 0. The third-order valence-corrected chi connectivity index (χ3v) is 7.12. The van der Waals surface area contributed by atoms with Gasteiger partial charge >= 0.3 is 0 Å². The van der Waals surface area contributed by atoms with Crippen molar-refractivity contribution < 1.29 is 34.0 Å². The first-order valence-corrected chi connectivity index (χ1v) is 12.8. The second-order valence-electron chi connectivity index (χ2n) is 6.93. The summed E-state index contributed by atoms with van der Waals surface area (Å²) in [6.45, 7) is 0.129. The van der Waals surface area contributed by atoms with Crippen LogP contribution in [0, 0.1) is 11.6 Å². The summed E-state index contributed by atoms with van der Waals surface area (Å²) in [5.74, 6) is -1.03. The fraction of sp³-hybridized carbons (Fsp3) is 0.429. The number of rotatable bonds is 14. The van der Waals surface area contributed by atoms with Gasteiger partial charge in [-0.2, -0.15) is 16.8 Å². The summed E-state index contributed by atoms with van der Waals surface area (Å²) in [5.41, 5.74) is 0. The fourth-order valence-electron chi connectivity index (χ4n) is 2.76. The van der Waals surface area contributed by atoms with E-state index in [0.717, 1.165) is 56.4 Å². The molecule has 2 aromatic carbocycles. The second-order valence-corrected chi connectivity index (χ2v) is 10.2. The van der Waals surface area contributed by atoms with Gasteiger partial charge in [-0.1, -0.05) is 32.1 Å². The van der Waals surface area contributed by atoms with Gasteiger partial charge in [-0.25, -0.2) is 8.78 Å². The Morgan fingerprint density at radius 3 is 1.13 bits per heavy atom. The smallest absolute Gasteiger partial charge is 0.266 e. The van der Waals surface area contributed by atoms with Crippen LogP contribution < -0.4 is 0 Å². The minimum atomic E-state index is -3.87. The first-order valence-electron chi connectivity index (χ1n) is 10.0. The molecule has 0 aliphatic carbocycles. The molecule has 0 heterocycles. The summed E-state index contributed by atoms with van der Waals surface area (Å²) >= 11 is 0. The topological polar surface area (TPSA) is 86.7 Å². The highest BCUT2D eigenvalue weighted by Gasteiger charge is 2.15. The molecule has 0 N–H and O–H groups in total. The van der Waals surface area contributed by atoms with Crippen LogP contribution in [0.3, 0.4) is 0 Å². The van der Waals surface area contributed by atoms with E-state index >= 15 is 0 Å². The molecule has 172 valence electrons. The lowest BCUT2D eigenvalue weighted by atomic mass is 10.1. The van der Waals surface area contributed by atoms with Crippen LogP contribution >= 0.6 is 0 Å². The van der Waals surface area contributed by atoms with Crippen molar-refractivity contribution in [3.63, 3.8) is 0 Å². The van der Waals surface area contributed by atoms with E-state index in [0.29, 0.717) is 12.8 Å². The lowest BCUT2D eigenvalue weighted by Gasteiger charge is -2.06. The zero-order valence-corrected chi connectivity index (χ0v) is 18.6. The Morgan fingerprint density at radius 1 is 0.516 bits per heavy atom. The van der Waals surface area contributed by atoms with Gasteiger partial charge in [0.05, 0.1) is 23.0 Å². The summed E-state index contributed by atoms with van der Waals surface area (Å²) in [6, 6.07) is 8.94. The molecule has 0 unspecified atom stereocenters. The molecule has 0 spiro atoms. The Labute approximate surface area is 182 Å². The molecule has 0 amide bonds. The Morgan fingerprint density at radius 2 is 0.806 bits per heavy atom. The third kappa shape index (κ3) is 9.02. The number of benzene rings is 2. The van der Waals surface area contributed by atoms with Crippen LogP contribution in [0.2, 0.25) is 0 Å². The van der Waals surface area contributed by atoms with Crippen molar-refractivity contribution in [1.82, 2.24) is 0 Å². The Bertz CT molecular complexity index is 921. The van der Waals surface area contributed by atoms with E-state index in [1.807, 2.05) is 0 Å². The molecule has 0 fully saturated rings. The van der Waals surface area contributed by atoms with Crippen LogP contribution in [0.1, 0.15) is 44.9 Å². The Kier molecular flexibility index (Phi) is 10.0. The van der Waals surface area contributed by atoms with Crippen LogP contribution in [0.15, 0.2) is 58.3 Å². The molecule has 0 aliphatic rings. The maximum Gasteiger partial charge on any atom is 0.296 e. The molecule has 2 rings (SSSR count). The Hall–Kier alpha value is -1.88. The average Bonchev–Trinajstić information content (AvgIpc) is 2.72. The lowest BCUT2D eigenvalue weighted by Crippen LogP contribution is -2.08. The zero-order chi connectivity index (χ0) is 22.7. The molecule has 2 aromatic rings.